The van der Waals surface area contributed by atoms with Crippen molar-refractivity contribution in [1.82, 2.24) is 0 Å². The van der Waals surface area contributed by atoms with E-state index in [2.05, 4.69) is 17.0 Å². The highest BCUT2D eigenvalue weighted by Crippen LogP contribution is 2.27. The predicted molar refractivity (Wildman–Crippen MR) is 63.4 cm³/mol. The summed E-state index contributed by atoms with van der Waals surface area (Å²) in [6, 6.07) is 8.15. The number of para-hydroxylation sites is 1. The SMILES string of the molecule is O=S(=O)(O)CCCN1CCc2ccccc21. The lowest BCUT2D eigenvalue weighted by atomic mass is 10.2. The zero-order valence-electron chi connectivity index (χ0n) is 8.96. The fourth-order valence-electron chi connectivity index (χ4n) is 2.08. The first kappa shape index (κ1) is 11.4. The number of anilines is 1. The number of rotatable bonds is 4. The van der Waals surface area contributed by atoms with E-state index in [0.29, 0.717) is 13.0 Å². The number of nitrogens with zero attached hydrogens (tertiary/aromatic N) is 1. The van der Waals surface area contributed by atoms with Gasteiger partial charge >= 0.3 is 0 Å². The molecule has 0 aliphatic carbocycles. The molecule has 1 aromatic carbocycles. The largest absolute Gasteiger partial charge is 0.371 e. The summed E-state index contributed by atoms with van der Waals surface area (Å²) in [5.74, 6) is -0.161. The van der Waals surface area contributed by atoms with Crippen LogP contribution >= 0.6 is 0 Å². The molecule has 0 bridgehead atoms. The van der Waals surface area contributed by atoms with Crippen molar-refractivity contribution in [3.63, 3.8) is 0 Å². The lowest BCUT2D eigenvalue weighted by Gasteiger charge is -2.18. The molecule has 0 fully saturated rings. The van der Waals surface area contributed by atoms with Crippen molar-refractivity contribution in [2.24, 2.45) is 0 Å². The molecule has 88 valence electrons. The van der Waals surface area contributed by atoms with Gasteiger partial charge in [-0.3, -0.25) is 4.55 Å². The maximum atomic E-state index is 10.6. The van der Waals surface area contributed by atoms with E-state index in [0.717, 1.165) is 13.0 Å². The van der Waals surface area contributed by atoms with Gasteiger partial charge < -0.3 is 4.90 Å². The molecule has 0 atom stereocenters. The summed E-state index contributed by atoms with van der Waals surface area (Å²) in [6.07, 6.45) is 1.48. The second kappa shape index (κ2) is 4.43. The summed E-state index contributed by atoms with van der Waals surface area (Å²) in [5, 5.41) is 0. The molecule has 0 saturated heterocycles. The molecule has 0 spiro atoms. The van der Waals surface area contributed by atoms with Crippen molar-refractivity contribution in [2.45, 2.75) is 12.8 Å². The molecule has 2 rings (SSSR count). The summed E-state index contributed by atoms with van der Waals surface area (Å²) in [5.41, 5.74) is 2.51. The van der Waals surface area contributed by atoms with Crippen LogP contribution in [0.1, 0.15) is 12.0 Å². The third kappa shape index (κ3) is 2.74. The number of fused-ring (bicyclic) bond motifs is 1. The predicted octanol–water partition coefficient (Wildman–Crippen LogP) is 1.33. The van der Waals surface area contributed by atoms with Crippen LogP contribution in [0.5, 0.6) is 0 Å². The molecule has 0 aromatic heterocycles. The van der Waals surface area contributed by atoms with Crippen molar-refractivity contribution in [2.75, 3.05) is 23.7 Å². The van der Waals surface area contributed by atoms with Crippen LogP contribution in [0.3, 0.4) is 0 Å². The minimum atomic E-state index is -3.82. The van der Waals surface area contributed by atoms with Crippen LogP contribution < -0.4 is 4.90 Å². The normalized spacial score (nSPS) is 15.2. The fourth-order valence-corrected chi connectivity index (χ4v) is 2.57. The van der Waals surface area contributed by atoms with Crippen molar-refractivity contribution < 1.29 is 13.0 Å². The molecule has 1 N–H and O–H groups in total. The average Bonchev–Trinajstić information content (AvgIpc) is 2.60. The summed E-state index contributed by atoms with van der Waals surface area (Å²) >= 11 is 0. The molecule has 5 heteroatoms. The highest BCUT2D eigenvalue weighted by atomic mass is 32.2. The van der Waals surface area contributed by atoms with Crippen LogP contribution in [0.4, 0.5) is 5.69 Å². The van der Waals surface area contributed by atoms with Crippen LogP contribution in [0.15, 0.2) is 24.3 Å². The molecule has 0 unspecified atom stereocenters. The van der Waals surface area contributed by atoms with E-state index >= 15 is 0 Å². The maximum absolute atomic E-state index is 10.6. The molecule has 1 aliphatic heterocycles. The number of hydrogen-bond donors (Lipinski definition) is 1. The molecule has 0 saturated carbocycles. The van der Waals surface area contributed by atoms with Gasteiger partial charge in [-0.2, -0.15) is 8.42 Å². The van der Waals surface area contributed by atoms with E-state index < -0.39 is 10.1 Å². The van der Waals surface area contributed by atoms with Crippen molar-refractivity contribution in [3.8, 4) is 0 Å². The monoisotopic (exact) mass is 241 g/mol. The van der Waals surface area contributed by atoms with Crippen molar-refractivity contribution in [1.29, 1.82) is 0 Å². The molecule has 1 heterocycles. The van der Waals surface area contributed by atoms with E-state index in [1.54, 1.807) is 0 Å². The standard InChI is InChI=1S/C11H15NO3S/c13-16(14,15)9-3-7-12-8-6-10-4-1-2-5-11(10)12/h1-2,4-5H,3,6-9H2,(H,13,14,15). The van der Waals surface area contributed by atoms with Gasteiger partial charge in [0.15, 0.2) is 0 Å². The van der Waals surface area contributed by atoms with Gasteiger partial charge in [0, 0.05) is 18.8 Å². The lowest BCUT2D eigenvalue weighted by molar-refractivity contribution is 0.481. The molecule has 16 heavy (non-hydrogen) atoms. The molecular weight excluding hydrogens is 226 g/mol. The Balaban J connectivity index is 1.94. The highest BCUT2D eigenvalue weighted by molar-refractivity contribution is 7.85. The minimum absolute atomic E-state index is 0.161. The Morgan fingerprint density at radius 1 is 1.31 bits per heavy atom. The van der Waals surface area contributed by atoms with Gasteiger partial charge in [0.25, 0.3) is 10.1 Å². The van der Waals surface area contributed by atoms with Gasteiger partial charge in [-0.15, -0.1) is 0 Å². The quantitative estimate of drug-likeness (QED) is 0.808. The minimum Gasteiger partial charge on any atom is -0.371 e. The molecule has 4 nitrogen and oxygen atoms in total. The topological polar surface area (TPSA) is 57.6 Å². The molecule has 1 aromatic rings. The average molecular weight is 241 g/mol. The first-order valence-electron chi connectivity index (χ1n) is 5.34. The lowest BCUT2D eigenvalue weighted by Crippen LogP contribution is -2.23. The molecule has 1 aliphatic rings. The third-order valence-corrected chi connectivity index (χ3v) is 3.62. The molecule has 0 amide bonds. The van der Waals surface area contributed by atoms with Crippen molar-refractivity contribution >= 4 is 15.8 Å². The first-order valence-corrected chi connectivity index (χ1v) is 6.95. The number of benzene rings is 1. The van der Waals surface area contributed by atoms with E-state index in [9.17, 15) is 8.42 Å². The van der Waals surface area contributed by atoms with Gasteiger partial charge in [0.2, 0.25) is 0 Å². The van der Waals surface area contributed by atoms with Crippen LogP contribution in [0.2, 0.25) is 0 Å². The van der Waals surface area contributed by atoms with E-state index in [-0.39, 0.29) is 5.75 Å². The van der Waals surface area contributed by atoms with Crippen LogP contribution in [0, 0.1) is 0 Å². The zero-order chi connectivity index (χ0) is 11.6. The third-order valence-electron chi connectivity index (χ3n) is 2.81. The molecular formula is C11H15NO3S. The number of hydrogen-bond acceptors (Lipinski definition) is 3. The van der Waals surface area contributed by atoms with Crippen molar-refractivity contribution in [3.05, 3.63) is 29.8 Å². The second-order valence-electron chi connectivity index (χ2n) is 4.01. The van der Waals surface area contributed by atoms with Crippen LogP contribution in [0.25, 0.3) is 0 Å². The van der Waals surface area contributed by atoms with Gasteiger partial charge in [-0.05, 0) is 24.5 Å². The Bertz CT molecular complexity index is 470. The Morgan fingerprint density at radius 2 is 2.06 bits per heavy atom. The van der Waals surface area contributed by atoms with E-state index in [1.807, 2.05) is 12.1 Å². The summed E-state index contributed by atoms with van der Waals surface area (Å²) in [7, 11) is -3.82. The molecule has 0 radical (unpaired) electrons. The van der Waals surface area contributed by atoms with Gasteiger partial charge in [-0.1, -0.05) is 18.2 Å². The van der Waals surface area contributed by atoms with E-state index in [1.165, 1.54) is 11.3 Å². The Kier molecular flexibility index (Phi) is 3.16. The summed E-state index contributed by atoms with van der Waals surface area (Å²) in [4.78, 5) is 2.17. The Morgan fingerprint density at radius 3 is 2.81 bits per heavy atom. The highest BCUT2D eigenvalue weighted by Gasteiger charge is 2.18. The Hall–Kier alpha value is -1.07. The zero-order valence-corrected chi connectivity index (χ0v) is 9.78. The first-order chi connectivity index (χ1) is 7.56. The van der Waals surface area contributed by atoms with E-state index in [4.69, 9.17) is 4.55 Å². The smallest absolute Gasteiger partial charge is 0.264 e. The Labute approximate surface area is 95.6 Å². The van der Waals surface area contributed by atoms with Gasteiger partial charge in [0.1, 0.15) is 0 Å². The summed E-state index contributed by atoms with van der Waals surface area (Å²) < 4.78 is 29.8. The fraction of sp³-hybridized carbons (Fsp3) is 0.455. The van der Waals surface area contributed by atoms with Gasteiger partial charge in [0.05, 0.1) is 5.75 Å². The second-order valence-corrected chi connectivity index (χ2v) is 5.58. The van der Waals surface area contributed by atoms with Crippen LogP contribution in [-0.2, 0) is 16.5 Å². The maximum Gasteiger partial charge on any atom is 0.264 e. The summed E-state index contributed by atoms with van der Waals surface area (Å²) in [6.45, 7) is 1.61. The van der Waals surface area contributed by atoms with Gasteiger partial charge in [-0.25, -0.2) is 0 Å². The van der Waals surface area contributed by atoms with Crippen LogP contribution in [-0.4, -0.2) is 31.8 Å².